The van der Waals surface area contributed by atoms with Gasteiger partial charge >= 0.3 is 0 Å². The average Bonchev–Trinajstić information content (AvgIpc) is 2.81. The Kier molecular flexibility index (Phi) is 3.97. The van der Waals surface area contributed by atoms with Crippen molar-refractivity contribution in [3.05, 3.63) is 0 Å². The van der Waals surface area contributed by atoms with E-state index in [1.165, 1.54) is 6.42 Å². The molecule has 15 heavy (non-hydrogen) atoms. The van der Waals surface area contributed by atoms with Crippen LogP contribution < -0.4 is 10.6 Å². The van der Waals surface area contributed by atoms with Crippen LogP contribution in [0.15, 0.2) is 0 Å². The first-order valence-electron chi connectivity index (χ1n) is 5.95. The number of rotatable bonds is 3. The fourth-order valence-corrected chi connectivity index (χ4v) is 2.24. The van der Waals surface area contributed by atoms with Crippen molar-refractivity contribution in [2.45, 2.75) is 31.7 Å². The van der Waals surface area contributed by atoms with Crippen LogP contribution >= 0.6 is 0 Å². The molecule has 4 nitrogen and oxygen atoms in total. The minimum Gasteiger partial charge on any atom is -0.381 e. The minimum atomic E-state index is 0.0505. The van der Waals surface area contributed by atoms with E-state index in [1.54, 1.807) is 0 Å². The predicted octanol–water partition coefficient (Wildman–Crippen LogP) is 0.281. The molecule has 0 aromatic carbocycles. The quantitative estimate of drug-likeness (QED) is 0.706. The summed E-state index contributed by atoms with van der Waals surface area (Å²) in [6, 6.07) is 0.0505. The van der Waals surface area contributed by atoms with E-state index >= 15 is 0 Å². The van der Waals surface area contributed by atoms with Crippen LogP contribution in [-0.2, 0) is 9.53 Å². The lowest BCUT2D eigenvalue weighted by Crippen LogP contribution is -2.43. The summed E-state index contributed by atoms with van der Waals surface area (Å²) in [4.78, 5) is 11.7. The summed E-state index contributed by atoms with van der Waals surface area (Å²) in [6.45, 7) is 3.44. The molecule has 0 saturated carbocycles. The number of carbonyl (C=O) groups is 1. The molecule has 4 heteroatoms. The van der Waals surface area contributed by atoms with Gasteiger partial charge in [0.1, 0.15) is 0 Å². The first-order valence-corrected chi connectivity index (χ1v) is 5.95. The summed E-state index contributed by atoms with van der Waals surface area (Å²) < 4.78 is 5.37. The lowest BCUT2D eigenvalue weighted by molar-refractivity contribution is -0.123. The lowest BCUT2D eigenvalue weighted by atomic mass is 10.0. The van der Waals surface area contributed by atoms with Crippen molar-refractivity contribution >= 4 is 5.91 Å². The molecule has 2 atom stereocenters. The van der Waals surface area contributed by atoms with Crippen LogP contribution in [0.3, 0.4) is 0 Å². The van der Waals surface area contributed by atoms with Crippen molar-refractivity contribution in [1.82, 2.24) is 10.6 Å². The van der Waals surface area contributed by atoms with Gasteiger partial charge in [-0.15, -0.1) is 0 Å². The summed E-state index contributed by atoms with van der Waals surface area (Å²) in [5, 5.41) is 6.21. The summed E-state index contributed by atoms with van der Waals surface area (Å²) in [7, 11) is 0. The Balaban J connectivity index is 1.65. The number of ether oxygens (including phenoxy) is 1. The Bertz CT molecular complexity index is 209. The molecule has 2 rings (SSSR count). The fourth-order valence-electron chi connectivity index (χ4n) is 2.24. The van der Waals surface area contributed by atoms with Crippen molar-refractivity contribution in [3.8, 4) is 0 Å². The number of hydrogen-bond donors (Lipinski definition) is 2. The van der Waals surface area contributed by atoms with Crippen LogP contribution in [0.5, 0.6) is 0 Å². The van der Waals surface area contributed by atoms with E-state index in [-0.39, 0.29) is 11.9 Å². The minimum absolute atomic E-state index is 0.0505. The highest BCUT2D eigenvalue weighted by atomic mass is 16.5. The van der Waals surface area contributed by atoms with Gasteiger partial charge in [0.2, 0.25) is 5.91 Å². The lowest BCUT2D eigenvalue weighted by Gasteiger charge is -2.23. The van der Waals surface area contributed by atoms with Gasteiger partial charge in [-0.05, 0) is 38.1 Å². The summed E-state index contributed by atoms with van der Waals surface area (Å²) in [6.07, 6.45) is 4.40. The van der Waals surface area contributed by atoms with E-state index in [0.717, 1.165) is 45.6 Å². The third-order valence-corrected chi connectivity index (χ3v) is 3.20. The van der Waals surface area contributed by atoms with Gasteiger partial charge < -0.3 is 15.4 Å². The molecule has 2 aliphatic heterocycles. The molecule has 0 aromatic rings. The summed E-state index contributed by atoms with van der Waals surface area (Å²) >= 11 is 0. The molecule has 0 aromatic heterocycles. The van der Waals surface area contributed by atoms with Crippen molar-refractivity contribution in [3.63, 3.8) is 0 Å². The van der Waals surface area contributed by atoms with Gasteiger partial charge in [0.15, 0.2) is 0 Å². The van der Waals surface area contributed by atoms with Crippen LogP contribution in [0.4, 0.5) is 0 Å². The molecule has 2 heterocycles. The SMILES string of the molecule is O=C(NCC1CCCOC1)[C@H]1CCCN1. The number of hydrogen-bond acceptors (Lipinski definition) is 3. The summed E-state index contributed by atoms with van der Waals surface area (Å²) in [5.74, 6) is 0.683. The van der Waals surface area contributed by atoms with E-state index in [1.807, 2.05) is 0 Å². The molecule has 86 valence electrons. The topological polar surface area (TPSA) is 50.4 Å². The third-order valence-electron chi connectivity index (χ3n) is 3.20. The maximum Gasteiger partial charge on any atom is 0.237 e. The molecular weight excluding hydrogens is 192 g/mol. The Hall–Kier alpha value is -0.610. The number of nitrogens with one attached hydrogen (secondary N) is 2. The molecular formula is C11H20N2O2. The van der Waals surface area contributed by atoms with E-state index in [9.17, 15) is 4.79 Å². The standard InChI is InChI=1S/C11H20N2O2/c14-11(10-4-1-5-12-10)13-7-9-3-2-6-15-8-9/h9-10,12H,1-8H2,(H,13,14)/t9?,10-/m1/s1. The molecule has 0 aliphatic carbocycles. The fraction of sp³-hybridized carbons (Fsp3) is 0.909. The van der Waals surface area contributed by atoms with Gasteiger partial charge in [-0.25, -0.2) is 0 Å². The van der Waals surface area contributed by atoms with E-state index in [0.29, 0.717) is 5.92 Å². The molecule has 1 amide bonds. The molecule has 2 aliphatic rings. The van der Waals surface area contributed by atoms with Crippen molar-refractivity contribution in [2.75, 3.05) is 26.3 Å². The molecule has 0 bridgehead atoms. The van der Waals surface area contributed by atoms with E-state index in [4.69, 9.17) is 4.74 Å². The molecule has 2 N–H and O–H groups in total. The zero-order chi connectivity index (χ0) is 10.5. The average molecular weight is 212 g/mol. The van der Waals surface area contributed by atoms with E-state index < -0.39 is 0 Å². The van der Waals surface area contributed by atoms with Crippen LogP contribution in [0.25, 0.3) is 0 Å². The maximum absolute atomic E-state index is 11.7. The zero-order valence-corrected chi connectivity index (χ0v) is 9.13. The Morgan fingerprint density at radius 2 is 2.33 bits per heavy atom. The molecule has 0 radical (unpaired) electrons. The van der Waals surface area contributed by atoms with Crippen molar-refractivity contribution in [2.24, 2.45) is 5.92 Å². The van der Waals surface area contributed by atoms with Gasteiger partial charge in [-0.1, -0.05) is 0 Å². The normalized spacial score (nSPS) is 31.5. The van der Waals surface area contributed by atoms with Crippen molar-refractivity contribution < 1.29 is 9.53 Å². The van der Waals surface area contributed by atoms with Gasteiger partial charge in [0, 0.05) is 13.2 Å². The Morgan fingerprint density at radius 1 is 1.40 bits per heavy atom. The first kappa shape index (κ1) is 10.9. The van der Waals surface area contributed by atoms with Crippen LogP contribution in [0, 0.1) is 5.92 Å². The molecule has 0 spiro atoms. The largest absolute Gasteiger partial charge is 0.381 e. The highest BCUT2D eigenvalue weighted by Gasteiger charge is 2.22. The predicted molar refractivity (Wildman–Crippen MR) is 57.6 cm³/mol. The second-order valence-electron chi connectivity index (χ2n) is 4.48. The van der Waals surface area contributed by atoms with Gasteiger partial charge in [0.25, 0.3) is 0 Å². The zero-order valence-electron chi connectivity index (χ0n) is 9.13. The number of amides is 1. The smallest absolute Gasteiger partial charge is 0.237 e. The monoisotopic (exact) mass is 212 g/mol. The molecule has 2 saturated heterocycles. The molecule has 2 fully saturated rings. The highest BCUT2D eigenvalue weighted by Crippen LogP contribution is 2.12. The molecule has 1 unspecified atom stereocenters. The van der Waals surface area contributed by atoms with Crippen LogP contribution in [-0.4, -0.2) is 38.3 Å². The Labute approximate surface area is 90.8 Å². The van der Waals surface area contributed by atoms with Gasteiger partial charge in [-0.3, -0.25) is 4.79 Å². The third kappa shape index (κ3) is 3.18. The highest BCUT2D eigenvalue weighted by molar-refractivity contribution is 5.81. The van der Waals surface area contributed by atoms with Crippen LogP contribution in [0.2, 0.25) is 0 Å². The van der Waals surface area contributed by atoms with Crippen molar-refractivity contribution in [1.29, 1.82) is 0 Å². The van der Waals surface area contributed by atoms with Crippen LogP contribution in [0.1, 0.15) is 25.7 Å². The van der Waals surface area contributed by atoms with Gasteiger partial charge in [-0.2, -0.15) is 0 Å². The van der Waals surface area contributed by atoms with E-state index in [2.05, 4.69) is 10.6 Å². The second kappa shape index (κ2) is 5.47. The maximum atomic E-state index is 11.7. The van der Waals surface area contributed by atoms with Gasteiger partial charge in [0.05, 0.1) is 12.6 Å². The Morgan fingerprint density at radius 3 is 3.00 bits per heavy atom. The summed E-state index contributed by atoms with van der Waals surface area (Å²) in [5.41, 5.74) is 0. The first-order chi connectivity index (χ1) is 7.36. The number of carbonyl (C=O) groups excluding carboxylic acids is 1. The second-order valence-corrected chi connectivity index (χ2v) is 4.48.